The quantitative estimate of drug-likeness (QED) is 0.121. The average molecular weight is 649 g/mol. The van der Waals surface area contributed by atoms with Crippen LogP contribution in [-0.4, -0.2) is 69.9 Å². The van der Waals surface area contributed by atoms with Crippen LogP contribution in [0.25, 0.3) is 0 Å². The lowest BCUT2D eigenvalue weighted by Gasteiger charge is -2.26. The van der Waals surface area contributed by atoms with Gasteiger partial charge in [0.25, 0.3) is 5.91 Å². The molecule has 1 aromatic carbocycles. The molecule has 3 rings (SSSR count). The van der Waals surface area contributed by atoms with E-state index in [9.17, 15) is 14.4 Å². The molecule has 2 amide bonds. The fourth-order valence-corrected chi connectivity index (χ4v) is 6.69. The van der Waals surface area contributed by atoms with Gasteiger partial charge in [-0.15, -0.1) is 11.8 Å². The monoisotopic (exact) mass is 647 g/mol. The highest BCUT2D eigenvalue weighted by atomic mass is 79.9. The van der Waals surface area contributed by atoms with E-state index in [4.69, 9.17) is 9.47 Å². The van der Waals surface area contributed by atoms with Gasteiger partial charge in [0.15, 0.2) is 0 Å². The van der Waals surface area contributed by atoms with Crippen LogP contribution in [0.2, 0.25) is 0 Å². The molecule has 0 radical (unpaired) electrons. The molecule has 1 aliphatic rings. The van der Waals surface area contributed by atoms with Crippen molar-refractivity contribution in [2.24, 2.45) is 5.92 Å². The number of ether oxygens (including phenoxy) is 2. The van der Waals surface area contributed by atoms with E-state index in [1.54, 1.807) is 35.0 Å². The Balaban J connectivity index is 1.44. The number of nitrogens with zero attached hydrogens (tertiary/aromatic N) is 3. The van der Waals surface area contributed by atoms with E-state index < -0.39 is 0 Å². The standard InChI is InChI=1S/C31H42BrN3O5S/c1-5-28(35-17-9-11-27(35)36)41-19-18-39-31(38)22(4)20-26(32)24-14-12-23(13-15-24)21-40-29-25(10-8-16-33-29)30(37)34(6-2)7-3/h8,10,12-16,22,26,28H,5-7,9,11,17-21H2,1-4H3. The number of likely N-dealkylation sites (tertiary alicyclic amines) is 1. The molecular formula is C31H42BrN3O5S. The molecule has 0 aliphatic carbocycles. The summed E-state index contributed by atoms with van der Waals surface area (Å²) in [6, 6.07) is 11.5. The molecule has 3 atom stereocenters. The van der Waals surface area contributed by atoms with E-state index in [1.165, 1.54) is 0 Å². The molecule has 1 saturated heterocycles. The van der Waals surface area contributed by atoms with Crippen molar-refractivity contribution in [2.75, 3.05) is 32.0 Å². The molecule has 0 bridgehead atoms. The number of rotatable bonds is 16. The summed E-state index contributed by atoms with van der Waals surface area (Å²) in [6.45, 7) is 10.6. The van der Waals surface area contributed by atoms with Crippen LogP contribution >= 0.6 is 27.7 Å². The Morgan fingerprint density at radius 3 is 2.51 bits per heavy atom. The Kier molecular flexibility index (Phi) is 13.5. The molecule has 1 aromatic heterocycles. The highest BCUT2D eigenvalue weighted by Crippen LogP contribution is 2.31. The Morgan fingerprint density at radius 1 is 1.15 bits per heavy atom. The Bertz CT molecular complexity index is 1140. The van der Waals surface area contributed by atoms with Gasteiger partial charge in [0, 0.05) is 42.8 Å². The molecule has 0 N–H and O–H groups in total. The van der Waals surface area contributed by atoms with Crippen LogP contribution < -0.4 is 4.74 Å². The first-order valence-corrected chi connectivity index (χ1v) is 16.4. The molecule has 1 fully saturated rings. The third kappa shape index (κ3) is 9.46. The fraction of sp³-hybridized carbons (Fsp3) is 0.548. The van der Waals surface area contributed by atoms with Crippen molar-refractivity contribution in [3.05, 3.63) is 59.3 Å². The van der Waals surface area contributed by atoms with Crippen LogP contribution in [-0.2, 0) is 20.9 Å². The number of esters is 1. The molecular weight excluding hydrogens is 606 g/mol. The number of thioether (sulfide) groups is 1. The minimum Gasteiger partial charge on any atom is -0.472 e. The summed E-state index contributed by atoms with van der Waals surface area (Å²) < 4.78 is 11.5. The lowest BCUT2D eigenvalue weighted by molar-refractivity contribution is -0.147. The van der Waals surface area contributed by atoms with E-state index in [1.807, 2.05) is 49.9 Å². The van der Waals surface area contributed by atoms with E-state index in [0.717, 1.165) is 30.5 Å². The number of aromatic nitrogens is 1. The molecule has 2 aromatic rings. The van der Waals surface area contributed by atoms with Gasteiger partial charge in [-0.05, 0) is 56.4 Å². The second-order valence-electron chi connectivity index (χ2n) is 10.1. The number of pyridine rings is 1. The van der Waals surface area contributed by atoms with Gasteiger partial charge in [0.05, 0.1) is 11.3 Å². The molecule has 0 saturated carbocycles. The second kappa shape index (κ2) is 16.8. The highest BCUT2D eigenvalue weighted by Gasteiger charge is 2.27. The lowest BCUT2D eigenvalue weighted by atomic mass is 10.0. The van der Waals surface area contributed by atoms with Crippen molar-refractivity contribution < 1.29 is 23.9 Å². The molecule has 1 aliphatic heterocycles. The number of carbonyl (C=O) groups excluding carboxylic acids is 3. The van der Waals surface area contributed by atoms with Crippen LogP contribution in [0.1, 0.15) is 79.7 Å². The molecule has 8 nitrogen and oxygen atoms in total. The highest BCUT2D eigenvalue weighted by molar-refractivity contribution is 9.09. The fourth-order valence-electron chi connectivity index (χ4n) is 4.74. The molecule has 3 unspecified atom stereocenters. The second-order valence-corrected chi connectivity index (χ2v) is 12.5. The summed E-state index contributed by atoms with van der Waals surface area (Å²) in [5.74, 6) is 0.656. The zero-order valence-electron chi connectivity index (χ0n) is 24.5. The minimum atomic E-state index is -0.263. The van der Waals surface area contributed by atoms with Gasteiger partial charge in [-0.2, -0.15) is 0 Å². The lowest BCUT2D eigenvalue weighted by Crippen LogP contribution is -2.34. The first-order valence-electron chi connectivity index (χ1n) is 14.5. The predicted octanol–water partition coefficient (Wildman–Crippen LogP) is 6.24. The van der Waals surface area contributed by atoms with Crippen LogP contribution in [0.4, 0.5) is 0 Å². The summed E-state index contributed by atoms with van der Waals surface area (Å²) >= 11 is 5.41. The van der Waals surface area contributed by atoms with Crippen LogP contribution in [0.3, 0.4) is 0 Å². The molecule has 41 heavy (non-hydrogen) atoms. The van der Waals surface area contributed by atoms with Crippen LogP contribution in [0, 0.1) is 5.92 Å². The number of alkyl halides is 1. The maximum Gasteiger partial charge on any atom is 0.308 e. The van der Waals surface area contributed by atoms with E-state index >= 15 is 0 Å². The summed E-state index contributed by atoms with van der Waals surface area (Å²) in [6.07, 6.45) is 4.68. The van der Waals surface area contributed by atoms with Crippen molar-refractivity contribution in [1.82, 2.24) is 14.8 Å². The number of benzene rings is 1. The SMILES string of the molecule is CCC(SCCOC(=O)C(C)CC(Br)c1ccc(COc2ncccc2C(=O)N(CC)CC)cc1)N1CCCC1=O. The summed E-state index contributed by atoms with van der Waals surface area (Å²) in [7, 11) is 0. The van der Waals surface area contributed by atoms with Gasteiger partial charge >= 0.3 is 5.97 Å². The Labute approximate surface area is 256 Å². The molecule has 10 heteroatoms. The number of amides is 2. The zero-order valence-corrected chi connectivity index (χ0v) is 26.9. The molecule has 224 valence electrons. The van der Waals surface area contributed by atoms with Crippen molar-refractivity contribution in [3.63, 3.8) is 0 Å². The van der Waals surface area contributed by atoms with E-state index in [-0.39, 0.29) is 40.5 Å². The van der Waals surface area contributed by atoms with Crippen molar-refractivity contribution in [2.45, 2.75) is 70.2 Å². The van der Waals surface area contributed by atoms with Gasteiger partial charge < -0.3 is 19.3 Å². The minimum absolute atomic E-state index is 0.00544. The van der Waals surface area contributed by atoms with Crippen molar-refractivity contribution in [3.8, 4) is 5.88 Å². The largest absolute Gasteiger partial charge is 0.472 e. The maximum absolute atomic E-state index is 12.8. The van der Waals surface area contributed by atoms with Crippen LogP contribution in [0.5, 0.6) is 5.88 Å². The maximum atomic E-state index is 12.8. The average Bonchev–Trinajstić information content (AvgIpc) is 3.42. The smallest absolute Gasteiger partial charge is 0.308 e. The van der Waals surface area contributed by atoms with Gasteiger partial charge in [-0.3, -0.25) is 14.4 Å². The number of hydrogen-bond donors (Lipinski definition) is 0. The van der Waals surface area contributed by atoms with Gasteiger partial charge in [-0.25, -0.2) is 4.98 Å². The molecule has 2 heterocycles. The Morgan fingerprint density at radius 2 is 1.88 bits per heavy atom. The predicted molar refractivity (Wildman–Crippen MR) is 166 cm³/mol. The first-order chi connectivity index (χ1) is 19.8. The van der Waals surface area contributed by atoms with Crippen LogP contribution in [0.15, 0.2) is 42.6 Å². The summed E-state index contributed by atoms with van der Waals surface area (Å²) in [5.41, 5.74) is 2.46. The van der Waals surface area contributed by atoms with Gasteiger partial charge in [0.2, 0.25) is 11.8 Å². The topological polar surface area (TPSA) is 89.0 Å². The number of carbonyl (C=O) groups is 3. The van der Waals surface area contributed by atoms with Gasteiger partial charge in [0.1, 0.15) is 18.8 Å². The zero-order chi connectivity index (χ0) is 29.8. The number of hydrogen-bond acceptors (Lipinski definition) is 7. The normalized spacial score (nSPS) is 15.3. The van der Waals surface area contributed by atoms with Crippen molar-refractivity contribution in [1.29, 1.82) is 0 Å². The van der Waals surface area contributed by atoms with E-state index in [2.05, 4.69) is 27.8 Å². The molecule has 0 spiro atoms. The third-order valence-electron chi connectivity index (χ3n) is 7.18. The third-order valence-corrected chi connectivity index (χ3v) is 9.45. The Hall–Kier alpha value is -2.59. The van der Waals surface area contributed by atoms with Gasteiger partial charge in [-0.1, -0.05) is 54.0 Å². The first kappa shape index (κ1) is 32.9. The summed E-state index contributed by atoms with van der Waals surface area (Å²) in [5, 5.41) is 0.155. The summed E-state index contributed by atoms with van der Waals surface area (Å²) in [4.78, 5) is 45.4. The van der Waals surface area contributed by atoms with E-state index in [0.29, 0.717) is 49.7 Å². The number of halogens is 1. The van der Waals surface area contributed by atoms with Crippen molar-refractivity contribution >= 4 is 45.5 Å².